The normalized spacial score (nSPS) is 24.4. The molecule has 1 spiro atoms. The van der Waals surface area contributed by atoms with Crippen LogP contribution < -0.4 is 15.1 Å². The summed E-state index contributed by atoms with van der Waals surface area (Å²) in [5, 5.41) is 13.6. The van der Waals surface area contributed by atoms with E-state index >= 15 is 0 Å². The molecule has 5 rings (SSSR count). The molecule has 13 heteroatoms. The van der Waals surface area contributed by atoms with Crippen LogP contribution in [0.3, 0.4) is 0 Å². The molecule has 188 valence electrons. The number of nitro benzene ring substituents is 1. The van der Waals surface area contributed by atoms with E-state index in [4.69, 9.17) is 0 Å². The summed E-state index contributed by atoms with van der Waals surface area (Å²) in [6, 6.07) is 6.02. The lowest BCUT2D eigenvalue weighted by Gasteiger charge is -2.54. The Kier molecular flexibility index (Phi) is 5.28. The SMILES string of the molecule is CN1CCN2c3ccc([N+](=O)[O-])cc3C[C@]3(C(=O)NC(=O)N(c4cccc(C(F)(F)F)c4)C3=O)[C@H]2C1. The predicted octanol–water partition coefficient (Wildman–Crippen LogP) is 2.56. The summed E-state index contributed by atoms with van der Waals surface area (Å²) >= 11 is 0. The number of imide groups is 2. The average molecular weight is 503 g/mol. The summed E-state index contributed by atoms with van der Waals surface area (Å²) in [6.45, 7) is 1.22. The summed E-state index contributed by atoms with van der Waals surface area (Å²) < 4.78 is 40.0. The molecule has 36 heavy (non-hydrogen) atoms. The molecular formula is C23H20F3N5O5. The van der Waals surface area contributed by atoms with Crippen molar-refractivity contribution in [2.45, 2.75) is 18.6 Å². The molecule has 0 radical (unpaired) electrons. The van der Waals surface area contributed by atoms with E-state index in [1.807, 2.05) is 9.80 Å². The van der Waals surface area contributed by atoms with E-state index in [1.165, 1.54) is 18.2 Å². The maximum Gasteiger partial charge on any atom is 0.416 e. The number of fused-ring (bicyclic) bond motifs is 4. The first kappa shape index (κ1) is 23.7. The minimum absolute atomic E-state index is 0.231. The van der Waals surface area contributed by atoms with Crippen molar-refractivity contribution < 1.29 is 32.5 Å². The van der Waals surface area contributed by atoms with Crippen molar-refractivity contribution in [1.29, 1.82) is 0 Å². The minimum Gasteiger partial charge on any atom is -0.364 e. The zero-order chi connectivity index (χ0) is 26.0. The van der Waals surface area contributed by atoms with Crippen molar-refractivity contribution in [3.05, 3.63) is 63.7 Å². The lowest BCUT2D eigenvalue weighted by Crippen LogP contribution is -2.75. The molecule has 0 bridgehead atoms. The topological polar surface area (TPSA) is 116 Å². The molecule has 2 atom stereocenters. The second-order valence-corrected chi connectivity index (χ2v) is 9.14. The number of urea groups is 1. The van der Waals surface area contributed by atoms with Gasteiger partial charge in [0.1, 0.15) is 0 Å². The standard InChI is InChI=1S/C23H20F3N5O5/c1-28-7-8-29-17-6-5-16(31(35)36)9-13(17)11-22(18(29)12-28)19(32)27-21(34)30(20(22)33)15-4-2-3-14(10-15)23(24,25)26/h2-6,9-10,18H,7-8,11-12H2,1H3,(H,27,32,34)/t18-,22-/m1/s1. The number of anilines is 2. The molecule has 0 aliphatic carbocycles. The third kappa shape index (κ3) is 3.49. The Hall–Kier alpha value is -4.00. The molecule has 2 aromatic rings. The first-order chi connectivity index (χ1) is 16.9. The van der Waals surface area contributed by atoms with Gasteiger partial charge in [0.2, 0.25) is 5.91 Å². The maximum absolute atomic E-state index is 14.1. The summed E-state index contributed by atoms with van der Waals surface area (Å²) in [4.78, 5) is 55.4. The average Bonchev–Trinajstić information content (AvgIpc) is 2.81. The van der Waals surface area contributed by atoms with Gasteiger partial charge in [-0.15, -0.1) is 0 Å². The number of nitrogens with one attached hydrogen (secondary N) is 1. The highest BCUT2D eigenvalue weighted by atomic mass is 19.4. The molecular weight excluding hydrogens is 483 g/mol. The van der Waals surface area contributed by atoms with Gasteiger partial charge >= 0.3 is 12.2 Å². The fraction of sp³-hybridized carbons (Fsp3) is 0.348. The van der Waals surface area contributed by atoms with Crippen molar-refractivity contribution in [2.24, 2.45) is 5.41 Å². The van der Waals surface area contributed by atoms with Crippen LogP contribution in [0.5, 0.6) is 0 Å². The van der Waals surface area contributed by atoms with E-state index in [-0.39, 0.29) is 24.3 Å². The number of non-ortho nitro benzene ring substituents is 1. The smallest absolute Gasteiger partial charge is 0.364 e. The summed E-state index contributed by atoms with van der Waals surface area (Å²) in [7, 11) is 1.80. The van der Waals surface area contributed by atoms with E-state index in [9.17, 15) is 37.7 Å². The van der Waals surface area contributed by atoms with E-state index < -0.39 is 46.0 Å². The van der Waals surface area contributed by atoms with Crippen LogP contribution in [0, 0.1) is 15.5 Å². The number of hydrogen-bond acceptors (Lipinski definition) is 7. The van der Waals surface area contributed by atoms with Crippen LogP contribution in [-0.2, 0) is 22.2 Å². The number of barbiturate groups is 1. The van der Waals surface area contributed by atoms with Gasteiger partial charge in [-0.25, -0.2) is 9.69 Å². The second-order valence-electron chi connectivity index (χ2n) is 9.14. The minimum atomic E-state index is -4.72. The van der Waals surface area contributed by atoms with Crippen molar-refractivity contribution in [2.75, 3.05) is 36.5 Å². The van der Waals surface area contributed by atoms with Crippen LogP contribution in [0.15, 0.2) is 42.5 Å². The van der Waals surface area contributed by atoms with Crippen LogP contribution >= 0.6 is 0 Å². The van der Waals surface area contributed by atoms with Gasteiger partial charge in [-0.05, 0) is 36.9 Å². The number of benzene rings is 2. The van der Waals surface area contributed by atoms with Gasteiger partial charge in [-0.2, -0.15) is 13.2 Å². The monoisotopic (exact) mass is 503 g/mol. The summed E-state index contributed by atoms with van der Waals surface area (Å²) in [6.07, 6.45) is -4.98. The van der Waals surface area contributed by atoms with E-state index in [0.717, 1.165) is 12.1 Å². The molecule has 3 aliphatic heterocycles. The molecule has 0 unspecified atom stereocenters. The quantitative estimate of drug-likeness (QED) is 0.380. The molecule has 3 heterocycles. The third-order valence-corrected chi connectivity index (χ3v) is 7.05. The largest absolute Gasteiger partial charge is 0.416 e. The Bertz CT molecular complexity index is 1320. The van der Waals surface area contributed by atoms with E-state index in [2.05, 4.69) is 5.32 Å². The van der Waals surface area contributed by atoms with E-state index in [0.29, 0.717) is 35.3 Å². The van der Waals surface area contributed by atoms with Gasteiger partial charge in [0, 0.05) is 43.9 Å². The summed E-state index contributed by atoms with van der Waals surface area (Å²) in [5.74, 6) is -1.86. The fourth-order valence-electron chi connectivity index (χ4n) is 5.31. The number of piperazine rings is 1. The Labute approximate surface area is 202 Å². The van der Waals surface area contributed by atoms with Gasteiger partial charge in [0.25, 0.3) is 11.6 Å². The second kappa shape index (κ2) is 8.01. The lowest BCUT2D eigenvalue weighted by atomic mass is 9.67. The molecule has 4 amide bonds. The van der Waals surface area contributed by atoms with Crippen molar-refractivity contribution >= 4 is 34.9 Å². The van der Waals surface area contributed by atoms with Crippen LogP contribution in [0.2, 0.25) is 0 Å². The highest BCUT2D eigenvalue weighted by molar-refractivity contribution is 6.30. The predicted molar refractivity (Wildman–Crippen MR) is 120 cm³/mol. The number of carbonyl (C=O) groups is 3. The molecule has 2 saturated heterocycles. The Morgan fingerprint density at radius 3 is 2.56 bits per heavy atom. The third-order valence-electron chi connectivity index (χ3n) is 7.05. The van der Waals surface area contributed by atoms with Crippen LogP contribution in [0.4, 0.5) is 35.0 Å². The number of halogens is 3. The number of nitrogens with zero attached hydrogens (tertiary/aromatic N) is 4. The number of carbonyl (C=O) groups excluding carboxylic acids is 3. The molecule has 1 N–H and O–H groups in total. The number of hydrogen-bond donors (Lipinski definition) is 1. The molecule has 2 fully saturated rings. The van der Waals surface area contributed by atoms with Crippen LogP contribution in [0.1, 0.15) is 11.1 Å². The first-order valence-corrected chi connectivity index (χ1v) is 11.0. The van der Waals surface area contributed by atoms with Gasteiger partial charge in [0.15, 0.2) is 5.41 Å². The number of rotatable bonds is 2. The first-order valence-electron chi connectivity index (χ1n) is 11.0. The molecule has 2 aromatic carbocycles. The van der Waals surface area contributed by atoms with Crippen LogP contribution in [0.25, 0.3) is 0 Å². The lowest BCUT2D eigenvalue weighted by molar-refractivity contribution is -0.384. The number of alkyl halides is 3. The van der Waals surface area contributed by atoms with Gasteiger partial charge in [-0.3, -0.25) is 25.0 Å². The zero-order valence-electron chi connectivity index (χ0n) is 18.9. The van der Waals surface area contributed by atoms with Crippen LogP contribution in [-0.4, -0.2) is 60.4 Å². The Balaban J connectivity index is 1.67. The highest BCUT2D eigenvalue weighted by Gasteiger charge is 2.63. The summed E-state index contributed by atoms with van der Waals surface area (Å²) in [5.41, 5.74) is -2.53. The Morgan fingerprint density at radius 2 is 1.86 bits per heavy atom. The number of likely N-dealkylation sites (N-methyl/N-ethyl adjacent to an activating group) is 1. The highest BCUT2D eigenvalue weighted by Crippen LogP contribution is 2.47. The van der Waals surface area contributed by atoms with E-state index in [1.54, 1.807) is 13.1 Å². The van der Waals surface area contributed by atoms with Crippen molar-refractivity contribution in [3.63, 3.8) is 0 Å². The molecule has 0 saturated carbocycles. The van der Waals surface area contributed by atoms with Crippen molar-refractivity contribution in [3.8, 4) is 0 Å². The van der Waals surface area contributed by atoms with Gasteiger partial charge in [0.05, 0.1) is 22.2 Å². The molecule has 3 aliphatic rings. The molecule has 0 aromatic heterocycles. The van der Waals surface area contributed by atoms with Crippen molar-refractivity contribution in [1.82, 2.24) is 10.2 Å². The number of amides is 4. The maximum atomic E-state index is 14.1. The van der Waals surface area contributed by atoms with Gasteiger partial charge in [-0.1, -0.05) is 6.07 Å². The van der Waals surface area contributed by atoms with Gasteiger partial charge < -0.3 is 9.80 Å². The number of nitro groups is 1. The molecule has 10 nitrogen and oxygen atoms in total. The fourth-order valence-corrected chi connectivity index (χ4v) is 5.31. The Morgan fingerprint density at radius 1 is 1.11 bits per heavy atom. The zero-order valence-corrected chi connectivity index (χ0v) is 18.9.